The molecule has 0 N–H and O–H groups in total. The van der Waals surface area contributed by atoms with Crippen LogP contribution in [0.1, 0.15) is 39.0 Å². The monoisotopic (exact) mass is 192 g/mol. The molecule has 1 heterocycles. The minimum atomic E-state index is 0.314. The average Bonchev–Trinajstić information content (AvgIpc) is 2.65. The number of hydrogen-bond acceptors (Lipinski definition) is 2. The van der Waals surface area contributed by atoms with Crippen LogP contribution in [0.3, 0.4) is 0 Å². The molecule has 3 unspecified atom stereocenters. The molecule has 78 valence electrons. The zero-order valence-electron chi connectivity index (χ0n) is 9.08. The molecule has 3 atom stereocenters. The number of nitrogens with zero attached hydrogens (tertiary/aromatic N) is 2. The van der Waals surface area contributed by atoms with Crippen molar-refractivity contribution in [1.82, 2.24) is 4.90 Å². The molecule has 0 aromatic rings. The second kappa shape index (κ2) is 4.31. The molecule has 2 fully saturated rings. The molecule has 1 saturated carbocycles. The average molecular weight is 192 g/mol. The van der Waals surface area contributed by atoms with E-state index in [2.05, 4.69) is 17.9 Å². The third-order valence-electron chi connectivity index (χ3n) is 3.82. The van der Waals surface area contributed by atoms with Crippen LogP contribution >= 0.6 is 0 Å². The van der Waals surface area contributed by atoms with Gasteiger partial charge < -0.3 is 0 Å². The van der Waals surface area contributed by atoms with Crippen molar-refractivity contribution in [2.75, 3.05) is 13.1 Å². The predicted molar refractivity (Wildman–Crippen MR) is 56.7 cm³/mol. The van der Waals surface area contributed by atoms with Gasteiger partial charge in [-0.3, -0.25) is 4.90 Å². The Morgan fingerprint density at radius 3 is 2.64 bits per heavy atom. The lowest BCUT2D eigenvalue weighted by Crippen LogP contribution is -2.40. The summed E-state index contributed by atoms with van der Waals surface area (Å²) in [5, 5.41) is 9.11. The number of rotatable bonds is 1. The maximum Gasteiger partial charge on any atom is 0.0672 e. The van der Waals surface area contributed by atoms with Crippen LogP contribution in [0, 0.1) is 23.2 Å². The molecule has 1 saturated heterocycles. The highest BCUT2D eigenvalue weighted by atomic mass is 15.2. The topological polar surface area (TPSA) is 27.0 Å². The minimum absolute atomic E-state index is 0.314. The van der Waals surface area contributed by atoms with Crippen LogP contribution in [0.2, 0.25) is 0 Å². The van der Waals surface area contributed by atoms with Gasteiger partial charge in [0, 0.05) is 12.6 Å². The third-order valence-corrected chi connectivity index (χ3v) is 3.82. The van der Waals surface area contributed by atoms with Gasteiger partial charge in [-0.2, -0.15) is 5.26 Å². The van der Waals surface area contributed by atoms with Crippen LogP contribution in [0.25, 0.3) is 0 Å². The lowest BCUT2D eigenvalue weighted by Gasteiger charge is -2.34. The zero-order chi connectivity index (χ0) is 9.97. The minimum Gasteiger partial charge on any atom is -0.299 e. The summed E-state index contributed by atoms with van der Waals surface area (Å²) in [4.78, 5) is 2.57. The first-order valence-electron chi connectivity index (χ1n) is 5.95. The Balaban J connectivity index is 1.97. The van der Waals surface area contributed by atoms with Crippen molar-refractivity contribution in [3.05, 3.63) is 0 Å². The van der Waals surface area contributed by atoms with Gasteiger partial charge in [-0.25, -0.2) is 0 Å². The molecule has 2 aliphatic rings. The molecule has 0 amide bonds. The van der Waals surface area contributed by atoms with Crippen LogP contribution < -0.4 is 0 Å². The largest absolute Gasteiger partial charge is 0.299 e. The first-order chi connectivity index (χ1) is 6.81. The predicted octanol–water partition coefficient (Wildman–Crippen LogP) is 2.41. The van der Waals surface area contributed by atoms with Crippen molar-refractivity contribution in [3.8, 4) is 6.07 Å². The van der Waals surface area contributed by atoms with Crippen LogP contribution in [0.4, 0.5) is 0 Å². The van der Waals surface area contributed by atoms with E-state index in [1.54, 1.807) is 0 Å². The van der Waals surface area contributed by atoms with E-state index >= 15 is 0 Å². The summed E-state index contributed by atoms with van der Waals surface area (Å²) in [6, 6.07) is 3.09. The van der Waals surface area contributed by atoms with Crippen molar-refractivity contribution in [2.45, 2.75) is 45.1 Å². The van der Waals surface area contributed by atoms with Crippen LogP contribution in [0.15, 0.2) is 0 Å². The molecule has 0 spiro atoms. The van der Waals surface area contributed by atoms with Crippen LogP contribution in [-0.4, -0.2) is 24.0 Å². The molecule has 1 aliphatic heterocycles. The van der Waals surface area contributed by atoms with Gasteiger partial charge in [0.15, 0.2) is 0 Å². The van der Waals surface area contributed by atoms with Gasteiger partial charge in [0.25, 0.3) is 0 Å². The quantitative estimate of drug-likeness (QED) is 0.638. The first-order valence-corrected chi connectivity index (χ1v) is 5.95. The second-order valence-corrected chi connectivity index (χ2v) is 4.98. The lowest BCUT2D eigenvalue weighted by atomic mass is 9.84. The standard InChI is InChI=1S/C12H20N2/c1-10-6-7-14(9-10)12-5-3-2-4-11(12)8-13/h10-12H,2-7,9H2,1H3. The van der Waals surface area contributed by atoms with Crippen molar-refractivity contribution in [1.29, 1.82) is 5.26 Å². The Hall–Kier alpha value is -0.550. The zero-order valence-corrected chi connectivity index (χ0v) is 9.08. The number of likely N-dealkylation sites (tertiary alicyclic amines) is 1. The van der Waals surface area contributed by atoms with Gasteiger partial charge in [-0.05, 0) is 31.7 Å². The molecular formula is C12H20N2. The SMILES string of the molecule is CC1CCN(C2CCCCC2C#N)C1. The summed E-state index contributed by atoms with van der Waals surface area (Å²) in [6.45, 7) is 4.77. The van der Waals surface area contributed by atoms with E-state index in [1.165, 1.54) is 38.8 Å². The maximum atomic E-state index is 9.11. The molecular weight excluding hydrogens is 172 g/mol. The summed E-state index contributed by atoms with van der Waals surface area (Å²) in [5.74, 6) is 1.16. The van der Waals surface area contributed by atoms with Crippen LogP contribution in [0.5, 0.6) is 0 Å². The Bertz CT molecular complexity index is 231. The Labute approximate surface area is 86.9 Å². The lowest BCUT2D eigenvalue weighted by molar-refractivity contribution is 0.152. The number of nitriles is 1. The van der Waals surface area contributed by atoms with Gasteiger partial charge in [0.1, 0.15) is 0 Å². The molecule has 0 radical (unpaired) electrons. The first kappa shape index (κ1) is 9.98. The fourth-order valence-electron chi connectivity index (χ4n) is 2.97. The van der Waals surface area contributed by atoms with Gasteiger partial charge in [0.2, 0.25) is 0 Å². The summed E-state index contributed by atoms with van der Waals surface area (Å²) in [7, 11) is 0. The highest BCUT2D eigenvalue weighted by Gasteiger charge is 2.33. The fraction of sp³-hybridized carbons (Fsp3) is 0.917. The van der Waals surface area contributed by atoms with E-state index in [9.17, 15) is 0 Å². The highest BCUT2D eigenvalue weighted by molar-refractivity contribution is 4.97. The molecule has 0 aromatic heterocycles. The highest BCUT2D eigenvalue weighted by Crippen LogP contribution is 2.31. The van der Waals surface area contributed by atoms with Crippen LogP contribution in [-0.2, 0) is 0 Å². The van der Waals surface area contributed by atoms with E-state index in [0.717, 1.165) is 12.3 Å². The normalized spacial score (nSPS) is 39.6. The Morgan fingerprint density at radius 2 is 2.00 bits per heavy atom. The van der Waals surface area contributed by atoms with Crippen molar-refractivity contribution in [2.24, 2.45) is 11.8 Å². The van der Waals surface area contributed by atoms with E-state index in [4.69, 9.17) is 5.26 Å². The molecule has 2 rings (SSSR count). The second-order valence-electron chi connectivity index (χ2n) is 4.98. The van der Waals surface area contributed by atoms with Gasteiger partial charge in [-0.15, -0.1) is 0 Å². The third kappa shape index (κ3) is 1.93. The summed E-state index contributed by atoms with van der Waals surface area (Å²) < 4.78 is 0. The fourth-order valence-corrected chi connectivity index (χ4v) is 2.97. The summed E-state index contributed by atoms with van der Waals surface area (Å²) in [5.41, 5.74) is 0. The molecule has 0 bridgehead atoms. The van der Waals surface area contributed by atoms with Gasteiger partial charge in [0.05, 0.1) is 12.0 Å². The smallest absolute Gasteiger partial charge is 0.0672 e. The van der Waals surface area contributed by atoms with E-state index < -0.39 is 0 Å². The molecule has 14 heavy (non-hydrogen) atoms. The van der Waals surface area contributed by atoms with E-state index in [1.807, 2.05) is 0 Å². The molecule has 2 heteroatoms. The summed E-state index contributed by atoms with van der Waals surface area (Å²) in [6.07, 6.45) is 6.30. The van der Waals surface area contributed by atoms with Crippen molar-refractivity contribution < 1.29 is 0 Å². The van der Waals surface area contributed by atoms with Crippen molar-refractivity contribution in [3.63, 3.8) is 0 Å². The molecule has 0 aromatic carbocycles. The van der Waals surface area contributed by atoms with Gasteiger partial charge >= 0.3 is 0 Å². The molecule has 1 aliphatic carbocycles. The maximum absolute atomic E-state index is 9.11. The molecule has 2 nitrogen and oxygen atoms in total. The van der Waals surface area contributed by atoms with Gasteiger partial charge in [-0.1, -0.05) is 19.8 Å². The Morgan fingerprint density at radius 1 is 1.21 bits per heavy atom. The number of hydrogen-bond donors (Lipinski definition) is 0. The van der Waals surface area contributed by atoms with E-state index in [-0.39, 0.29) is 0 Å². The summed E-state index contributed by atoms with van der Waals surface area (Å²) >= 11 is 0. The van der Waals surface area contributed by atoms with Crippen molar-refractivity contribution >= 4 is 0 Å². The van der Waals surface area contributed by atoms with E-state index in [0.29, 0.717) is 12.0 Å². The Kier molecular flexibility index (Phi) is 3.08.